The number of amides is 2. The molecule has 26 heavy (non-hydrogen) atoms. The van der Waals surface area contributed by atoms with Gasteiger partial charge in [0.1, 0.15) is 19.3 Å². The van der Waals surface area contributed by atoms with Gasteiger partial charge in [0.25, 0.3) is 5.91 Å². The van der Waals surface area contributed by atoms with Crippen molar-refractivity contribution in [1.82, 2.24) is 4.90 Å². The number of carbonyl (C=O) groups is 2. The first-order valence-electron chi connectivity index (χ1n) is 8.36. The Labute approximate surface area is 155 Å². The van der Waals surface area contributed by atoms with E-state index in [2.05, 4.69) is 5.32 Å². The number of nitrogens with one attached hydrogen (secondary N) is 1. The quantitative estimate of drug-likeness (QED) is 0.900. The predicted octanol–water partition coefficient (Wildman–Crippen LogP) is 2.61. The Morgan fingerprint density at radius 2 is 1.81 bits per heavy atom. The van der Waals surface area contributed by atoms with Gasteiger partial charge in [0, 0.05) is 23.1 Å². The van der Waals surface area contributed by atoms with E-state index in [0.717, 1.165) is 0 Å². The highest BCUT2D eigenvalue weighted by Gasteiger charge is 2.35. The van der Waals surface area contributed by atoms with Crippen LogP contribution < -0.4 is 14.8 Å². The van der Waals surface area contributed by atoms with Crippen molar-refractivity contribution in [3.8, 4) is 11.5 Å². The topological polar surface area (TPSA) is 67.9 Å². The molecule has 0 spiro atoms. The zero-order valence-corrected chi connectivity index (χ0v) is 14.8. The highest BCUT2D eigenvalue weighted by Crippen LogP contribution is 2.33. The summed E-state index contributed by atoms with van der Waals surface area (Å²) in [5.41, 5.74) is 1.22. The molecule has 0 aromatic heterocycles. The average molecular weight is 370 g/mol. The Bertz CT molecular complexity index is 828. The van der Waals surface area contributed by atoms with E-state index in [4.69, 9.17) is 9.47 Å². The second-order valence-corrected chi connectivity index (χ2v) is 7.00. The van der Waals surface area contributed by atoms with Crippen LogP contribution >= 0.6 is 11.8 Å². The molecular formula is C19H18N2O4S. The van der Waals surface area contributed by atoms with Crippen molar-refractivity contribution in [3.63, 3.8) is 0 Å². The van der Waals surface area contributed by atoms with E-state index < -0.39 is 6.04 Å². The molecule has 0 bridgehead atoms. The maximum atomic E-state index is 12.7. The molecule has 134 valence electrons. The van der Waals surface area contributed by atoms with Gasteiger partial charge in [-0.25, -0.2) is 0 Å². The van der Waals surface area contributed by atoms with Crippen LogP contribution in [-0.4, -0.2) is 47.6 Å². The molecule has 0 unspecified atom stereocenters. The highest BCUT2D eigenvalue weighted by atomic mass is 32.2. The lowest BCUT2D eigenvalue weighted by Crippen LogP contribution is -2.44. The molecule has 2 heterocycles. The number of carbonyl (C=O) groups excluding carboxylic acids is 2. The Morgan fingerprint density at radius 1 is 1.04 bits per heavy atom. The third-order valence-electron chi connectivity index (χ3n) is 4.28. The van der Waals surface area contributed by atoms with E-state index in [1.54, 1.807) is 47.0 Å². The number of rotatable bonds is 3. The van der Waals surface area contributed by atoms with E-state index in [9.17, 15) is 9.59 Å². The SMILES string of the molecule is O=C(Nc1ccc2c(c1)OCCO2)[C@H]1CSCN1C(=O)c1ccccc1. The van der Waals surface area contributed by atoms with Crippen LogP contribution in [0.3, 0.4) is 0 Å². The summed E-state index contributed by atoms with van der Waals surface area (Å²) in [5, 5.41) is 2.89. The van der Waals surface area contributed by atoms with Crippen molar-refractivity contribution >= 4 is 29.3 Å². The summed E-state index contributed by atoms with van der Waals surface area (Å²) >= 11 is 1.57. The minimum Gasteiger partial charge on any atom is -0.486 e. The third kappa shape index (κ3) is 3.35. The molecule has 0 aliphatic carbocycles. The number of benzene rings is 2. The average Bonchev–Trinajstić information content (AvgIpc) is 3.18. The lowest BCUT2D eigenvalue weighted by atomic mass is 10.1. The Kier molecular flexibility index (Phi) is 4.71. The highest BCUT2D eigenvalue weighted by molar-refractivity contribution is 7.99. The van der Waals surface area contributed by atoms with Crippen molar-refractivity contribution in [2.24, 2.45) is 0 Å². The molecule has 1 fully saturated rings. The minimum atomic E-state index is -0.499. The molecule has 2 amide bonds. The van der Waals surface area contributed by atoms with Gasteiger partial charge in [-0.15, -0.1) is 11.8 Å². The lowest BCUT2D eigenvalue weighted by molar-refractivity contribution is -0.119. The van der Waals surface area contributed by atoms with Crippen LogP contribution in [0, 0.1) is 0 Å². The second kappa shape index (κ2) is 7.29. The smallest absolute Gasteiger partial charge is 0.255 e. The van der Waals surface area contributed by atoms with Crippen molar-refractivity contribution in [2.45, 2.75) is 6.04 Å². The summed E-state index contributed by atoms with van der Waals surface area (Å²) in [6, 6.07) is 13.8. The fourth-order valence-electron chi connectivity index (χ4n) is 2.95. The van der Waals surface area contributed by atoms with E-state index in [0.29, 0.717) is 47.6 Å². The number of nitrogens with zero attached hydrogens (tertiary/aromatic N) is 1. The fourth-order valence-corrected chi connectivity index (χ4v) is 4.11. The van der Waals surface area contributed by atoms with Gasteiger partial charge in [0.05, 0.1) is 5.88 Å². The summed E-state index contributed by atoms with van der Waals surface area (Å²) in [4.78, 5) is 27.1. The van der Waals surface area contributed by atoms with Gasteiger partial charge >= 0.3 is 0 Å². The first-order chi connectivity index (χ1) is 12.7. The first kappa shape index (κ1) is 16.8. The second-order valence-electron chi connectivity index (χ2n) is 6.00. The normalized spacial score (nSPS) is 18.5. The molecule has 6 nitrogen and oxygen atoms in total. The maximum absolute atomic E-state index is 12.7. The summed E-state index contributed by atoms with van der Waals surface area (Å²) in [6.45, 7) is 1.01. The maximum Gasteiger partial charge on any atom is 0.255 e. The molecular weight excluding hydrogens is 352 g/mol. The van der Waals surface area contributed by atoms with Crippen LogP contribution in [0.4, 0.5) is 5.69 Å². The van der Waals surface area contributed by atoms with Crippen LogP contribution in [0.5, 0.6) is 11.5 Å². The monoisotopic (exact) mass is 370 g/mol. The number of ether oxygens (including phenoxy) is 2. The molecule has 2 aliphatic heterocycles. The van der Waals surface area contributed by atoms with E-state index in [-0.39, 0.29) is 11.8 Å². The van der Waals surface area contributed by atoms with Gasteiger partial charge in [0.15, 0.2) is 11.5 Å². The van der Waals surface area contributed by atoms with Crippen LogP contribution in [0.25, 0.3) is 0 Å². The molecule has 2 aromatic carbocycles. The van der Waals surface area contributed by atoms with E-state index in [1.165, 1.54) is 0 Å². The van der Waals surface area contributed by atoms with Crippen LogP contribution in [-0.2, 0) is 4.79 Å². The zero-order chi connectivity index (χ0) is 17.9. The molecule has 2 aliphatic rings. The van der Waals surface area contributed by atoms with Crippen molar-refractivity contribution in [3.05, 3.63) is 54.1 Å². The third-order valence-corrected chi connectivity index (χ3v) is 5.29. The first-order valence-corrected chi connectivity index (χ1v) is 9.52. The molecule has 1 N–H and O–H groups in total. The standard InChI is InChI=1S/C19H18N2O4S/c22-18(20-14-6-7-16-17(10-14)25-9-8-24-16)15-11-26-12-21(15)19(23)13-4-2-1-3-5-13/h1-7,10,15H,8-9,11-12H2,(H,20,22)/t15-/m1/s1. The van der Waals surface area contributed by atoms with E-state index in [1.807, 2.05) is 18.2 Å². The van der Waals surface area contributed by atoms with Crippen molar-refractivity contribution < 1.29 is 19.1 Å². The summed E-state index contributed by atoms with van der Waals surface area (Å²) < 4.78 is 11.0. The van der Waals surface area contributed by atoms with Gasteiger partial charge in [0.2, 0.25) is 5.91 Å². The molecule has 0 saturated carbocycles. The van der Waals surface area contributed by atoms with Gasteiger partial charge in [-0.1, -0.05) is 18.2 Å². The molecule has 7 heteroatoms. The summed E-state index contributed by atoms with van der Waals surface area (Å²) in [7, 11) is 0. The fraction of sp³-hybridized carbons (Fsp3) is 0.263. The van der Waals surface area contributed by atoms with Crippen molar-refractivity contribution in [1.29, 1.82) is 0 Å². The molecule has 1 saturated heterocycles. The molecule has 0 radical (unpaired) electrons. The number of hydrogen-bond acceptors (Lipinski definition) is 5. The molecule has 1 atom stereocenters. The van der Waals surface area contributed by atoms with Gasteiger partial charge in [-0.05, 0) is 24.3 Å². The van der Waals surface area contributed by atoms with Gasteiger partial charge < -0.3 is 19.7 Å². The Morgan fingerprint density at radius 3 is 2.62 bits per heavy atom. The Balaban J connectivity index is 1.48. The molecule has 4 rings (SSSR count). The summed E-state index contributed by atoms with van der Waals surface area (Å²) in [6.07, 6.45) is 0. The number of anilines is 1. The van der Waals surface area contributed by atoms with Gasteiger partial charge in [-0.3, -0.25) is 9.59 Å². The van der Waals surface area contributed by atoms with Crippen molar-refractivity contribution in [2.75, 3.05) is 30.2 Å². The van der Waals surface area contributed by atoms with E-state index >= 15 is 0 Å². The zero-order valence-electron chi connectivity index (χ0n) is 14.0. The summed E-state index contributed by atoms with van der Waals surface area (Å²) in [5.74, 6) is 2.05. The number of thioether (sulfide) groups is 1. The van der Waals surface area contributed by atoms with Crippen LogP contribution in [0.2, 0.25) is 0 Å². The van der Waals surface area contributed by atoms with Crippen LogP contribution in [0.1, 0.15) is 10.4 Å². The molecule has 2 aromatic rings. The number of hydrogen-bond donors (Lipinski definition) is 1. The largest absolute Gasteiger partial charge is 0.486 e. The number of fused-ring (bicyclic) bond motifs is 1. The lowest BCUT2D eigenvalue weighted by Gasteiger charge is -2.24. The Hall–Kier alpha value is -2.67. The van der Waals surface area contributed by atoms with Crippen LogP contribution in [0.15, 0.2) is 48.5 Å². The predicted molar refractivity (Wildman–Crippen MR) is 99.8 cm³/mol. The minimum absolute atomic E-state index is 0.127. The van der Waals surface area contributed by atoms with Gasteiger partial charge in [-0.2, -0.15) is 0 Å².